The molecule has 0 bridgehead atoms. The lowest BCUT2D eigenvalue weighted by atomic mass is 9.83. The van der Waals surface area contributed by atoms with Gasteiger partial charge in [0.25, 0.3) is 0 Å². The molecule has 29 heavy (non-hydrogen) atoms. The number of rotatable bonds is 5. The van der Waals surface area contributed by atoms with E-state index in [-0.39, 0.29) is 21.8 Å². The van der Waals surface area contributed by atoms with Crippen molar-refractivity contribution in [2.75, 3.05) is 0 Å². The molecule has 1 N–H and O–H groups in total. The number of aromatic nitrogens is 2. The molecule has 3 rings (SSSR count). The molecule has 152 valence electrons. The second-order valence-electron chi connectivity index (χ2n) is 5.92. The Hall–Kier alpha value is -2.78. The lowest BCUT2D eigenvalue weighted by molar-refractivity contribution is -0.360. The van der Waals surface area contributed by atoms with Gasteiger partial charge >= 0.3 is 12.3 Å². The van der Waals surface area contributed by atoms with Gasteiger partial charge in [0.15, 0.2) is 5.60 Å². The van der Waals surface area contributed by atoms with Gasteiger partial charge in [-0.15, -0.1) is 0 Å². The molecule has 0 aliphatic carbocycles. The lowest BCUT2D eigenvalue weighted by Gasteiger charge is -2.29. The van der Waals surface area contributed by atoms with Crippen LogP contribution in [0.4, 0.5) is 22.0 Å². The fourth-order valence-electron chi connectivity index (χ4n) is 2.65. The Labute approximate surface area is 166 Å². The second-order valence-corrected chi connectivity index (χ2v) is 6.33. The largest absolute Gasteiger partial charge is 0.499 e. The minimum absolute atomic E-state index is 0.0717. The molecule has 1 heterocycles. The summed E-state index contributed by atoms with van der Waals surface area (Å²) in [5, 5.41) is 11.7. The molecule has 0 amide bonds. The monoisotopic (exact) mass is 430 g/mol. The molecule has 1 unspecified atom stereocenters. The molecule has 0 saturated carbocycles. The van der Waals surface area contributed by atoms with E-state index in [1.54, 1.807) is 12.1 Å². The first-order valence-electron chi connectivity index (χ1n) is 8.03. The van der Waals surface area contributed by atoms with Crippen LogP contribution in [0.1, 0.15) is 16.8 Å². The van der Waals surface area contributed by atoms with E-state index in [2.05, 4.69) is 14.7 Å². The topological polar surface area (TPSA) is 55.2 Å². The van der Waals surface area contributed by atoms with Crippen LogP contribution in [0.15, 0.2) is 67.1 Å². The van der Waals surface area contributed by atoms with E-state index in [4.69, 9.17) is 11.6 Å². The molecular weight excluding hydrogens is 419 g/mol. The summed E-state index contributed by atoms with van der Waals surface area (Å²) in [7, 11) is 0. The van der Waals surface area contributed by atoms with Crippen LogP contribution in [0, 0.1) is 0 Å². The van der Waals surface area contributed by atoms with E-state index in [0.29, 0.717) is 0 Å². The van der Waals surface area contributed by atoms with Crippen molar-refractivity contribution in [3.05, 3.63) is 89.0 Å². The first-order chi connectivity index (χ1) is 13.6. The third-order valence-corrected chi connectivity index (χ3v) is 4.38. The molecule has 0 aliphatic rings. The van der Waals surface area contributed by atoms with Crippen molar-refractivity contribution in [3.8, 4) is 5.75 Å². The highest BCUT2D eigenvalue weighted by molar-refractivity contribution is 6.31. The second kappa shape index (κ2) is 7.57. The number of hydrogen-bond donors (Lipinski definition) is 1. The van der Waals surface area contributed by atoms with Crippen molar-refractivity contribution in [1.29, 1.82) is 0 Å². The van der Waals surface area contributed by atoms with Crippen LogP contribution < -0.4 is 4.74 Å². The number of benzene rings is 2. The third kappa shape index (κ3) is 4.01. The number of nitrogens with zero attached hydrogens (tertiary/aromatic N) is 2. The average Bonchev–Trinajstić information content (AvgIpc) is 2.68. The Bertz CT molecular complexity index is 984. The summed E-state index contributed by atoms with van der Waals surface area (Å²) in [6, 6.07) is 10.3. The minimum Gasteiger partial charge on any atom is -0.426 e. The number of alkyl halides is 5. The quantitative estimate of drug-likeness (QED) is 0.582. The maximum Gasteiger partial charge on any atom is 0.499 e. The molecule has 0 aliphatic heterocycles. The molecule has 0 spiro atoms. The summed E-state index contributed by atoms with van der Waals surface area (Å²) >= 11 is 6.22. The van der Waals surface area contributed by atoms with E-state index in [0.717, 1.165) is 24.3 Å². The van der Waals surface area contributed by atoms with E-state index in [1.807, 2.05) is 0 Å². The summed E-state index contributed by atoms with van der Waals surface area (Å²) in [6.45, 7) is 0. The average molecular weight is 431 g/mol. The first kappa shape index (κ1) is 20.9. The Morgan fingerprint density at radius 3 is 2.10 bits per heavy atom. The van der Waals surface area contributed by atoms with Crippen molar-refractivity contribution in [2.45, 2.75) is 17.9 Å². The van der Waals surface area contributed by atoms with Gasteiger partial charge < -0.3 is 9.84 Å². The van der Waals surface area contributed by atoms with Crippen LogP contribution in [0.3, 0.4) is 0 Å². The van der Waals surface area contributed by atoms with E-state index < -0.39 is 23.6 Å². The summed E-state index contributed by atoms with van der Waals surface area (Å²) in [6.07, 6.45) is -7.24. The summed E-state index contributed by atoms with van der Waals surface area (Å²) < 4.78 is 67.0. The van der Waals surface area contributed by atoms with Gasteiger partial charge in [-0.2, -0.15) is 22.0 Å². The van der Waals surface area contributed by atoms with Crippen molar-refractivity contribution >= 4 is 11.6 Å². The van der Waals surface area contributed by atoms with Gasteiger partial charge in [0.2, 0.25) is 0 Å². The van der Waals surface area contributed by atoms with Crippen LogP contribution in [0.5, 0.6) is 5.75 Å². The molecule has 1 aromatic heterocycles. The molecule has 3 aromatic rings. The number of aliphatic hydroxyl groups is 1. The minimum atomic E-state index is -5.87. The molecule has 1 atom stereocenters. The van der Waals surface area contributed by atoms with Crippen molar-refractivity contribution in [2.24, 2.45) is 0 Å². The lowest BCUT2D eigenvalue weighted by Crippen LogP contribution is -2.41. The zero-order valence-electron chi connectivity index (χ0n) is 14.4. The highest BCUT2D eigenvalue weighted by Gasteiger charge is 2.61. The number of ether oxygens (including phenoxy) is 1. The Kier molecular flexibility index (Phi) is 5.46. The Morgan fingerprint density at radius 2 is 1.55 bits per heavy atom. The van der Waals surface area contributed by atoms with E-state index in [9.17, 15) is 27.1 Å². The van der Waals surface area contributed by atoms with Crippen LogP contribution in [-0.4, -0.2) is 27.4 Å². The summed E-state index contributed by atoms with van der Waals surface area (Å²) in [4.78, 5) is 8.00. The highest BCUT2D eigenvalue weighted by atomic mass is 35.5. The highest BCUT2D eigenvalue weighted by Crippen LogP contribution is 2.41. The molecule has 10 heteroatoms. The molecular formula is C19H12ClF5N2O2. The smallest absolute Gasteiger partial charge is 0.426 e. The fourth-order valence-corrected chi connectivity index (χ4v) is 2.92. The zero-order chi connectivity index (χ0) is 21.3. The van der Waals surface area contributed by atoms with Crippen LogP contribution in [-0.2, 0) is 5.60 Å². The van der Waals surface area contributed by atoms with Crippen LogP contribution >= 0.6 is 11.6 Å². The molecule has 2 aromatic carbocycles. The van der Waals surface area contributed by atoms with Gasteiger partial charge in [-0.25, -0.2) is 0 Å². The number of halogens is 6. The fraction of sp³-hybridized carbons (Fsp3) is 0.158. The zero-order valence-corrected chi connectivity index (χ0v) is 15.1. The predicted molar refractivity (Wildman–Crippen MR) is 93.7 cm³/mol. The normalized spacial score (nSPS) is 14.3. The van der Waals surface area contributed by atoms with Gasteiger partial charge in [0.05, 0.1) is 11.9 Å². The van der Waals surface area contributed by atoms with Gasteiger partial charge in [-0.05, 0) is 23.8 Å². The summed E-state index contributed by atoms with van der Waals surface area (Å²) in [5.74, 6) is -0.739. The summed E-state index contributed by atoms with van der Waals surface area (Å²) in [5.41, 5.74) is -1.55. The molecule has 0 saturated heterocycles. The number of hydrogen-bond acceptors (Lipinski definition) is 4. The van der Waals surface area contributed by atoms with Crippen molar-refractivity contribution in [1.82, 2.24) is 9.97 Å². The van der Waals surface area contributed by atoms with Crippen molar-refractivity contribution < 1.29 is 31.8 Å². The van der Waals surface area contributed by atoms with Crippen molar-refractivity contribution in [3.63, 3.8) is 0 Å². The Morgan fingerprint density at radius 1 is 0.897 bits per heavy atom. The maximum atomic E-state index is 13.1. The molecule has 0 fully saturated rings. The standard InChI is InChI=1S/C19H12ClF5N2O2/c20-15-4-2-1-3-14(15)17(28,16-11-26-9-10-27-16)12-5-7-13(8-6-12)29-19(24,25)18(21,22)23/h1-11,28H. The van der Waals surface area contributed by atoms with E-state index in [1.165, 1.54) is 30.7 Å². The van der Waals surface area contributed by atoms with Gasteiger partial charge in [0, 0.05) is 23.0 Å². The van der Waals surface area contributed by atoms with Gasteiger partial charge in [0.1, 0.15) is 5.75 Å². The molecule has 4 nitrogen and oxygen atoms in total. The first-order valence-corrected chi connectivity index (χ1v) is 8.41. The predicted octanol–water partition coefficient (Wildman–Crippen LogP) is 4.95. The SMILES string of the molecule is OC(c1ccc(OC(F)(F)C(F)(F)F)cc1)(c1cnccn1)c1ccccc1Cl. The van der Waals surface area contributed by atoms with E-state index >= 15 is 0 Å². The van der Waals surface area contributed by atoms with Crippen LogP contribution in [0.25, 0.3) is 0 Å². The van der Waals surface area contributed by atoms with Gasteiger partial charge in [-0.1, -0.05) is 41.9 Å². The Balaban J connectivity index is 2.06. The van der Waals surface area contributed by atoms with Gasteiger partial charge in [-0.3, -0.25) is 9.97 Å². The maximum absolute atomic E-state index is 13.1. The van der Waals surface area contributed by atoms with Crippen LogP contribution in [0.2, 0.25) is 5.02 Å². The molecule has 0 radical (unpaired) electrons. The third-order valence-electron chi connectivity index (χ3n) is 4.05.